The second kappa shape index (κ2) is 10.9. The van der Waals surface area contributed by atoms with Crippen molar-refractivity contribution in [2.45, 2.75) is 19.6 Å². The molecule has 0 spiro atoms. The van der Waals surface area contributed by atoms with Crippen LogP contribution in [0.1, 0.15) is 22.4 Å². The van der Waals surface area contributed by atoms with E-state index in [-0.39, 0.29) is 25.5 Å². The van der Waals surface area contributed by atoms with Gasteiger partial charge in [-0.2, -0.15) is 0 Å². The van der Waals surface area contributed by atoms with Gasteiger partial charge in [0.1, 0.15) is 24.8 Å². The lowest BCUT2D eigenvalue weighted by Crippen LogP contribution is -2.10. The molecule has 0 radical (unpaired) electrons. The topological polar surface area (TPSA) is 132 Å². The van der Waals surface area contributed by atoms with Crippen LogP contribution in [0.4, 0.5) is 0 Å². The number of carbonyl (C=O) groups is 1. The van der Waals surface area contributed by atoms with E-state index in [0.717, 1.165) is 27.8 Å². The largest absolute Gasteiger partial charge is 0.488 e. The number of carboxylic acid groups (broad SMARTS) is 1. The van der Waals surface area contributed by atoms with Gasteiger partial charge >= 0.3 is 5.97 Å². The van der Waals surface area contributed by atoms with Crippen molar-refractivity contribution in [3.63, 3.8) is 0 Å². The van der Waals surface area contributed by atoms with E-state index >= 15 is 0 Å². The van der Waals surface area contributed by atoms with Gasteiger partial charge in [0, 0.05) is 28.3 Å². The highest BCUT2D eigenvalue weighted by molar-refractivity contribution is 5.97. The molecule has 0 saturated carbocycles. The first-order chi connectivity index (χ1) is 18.5. The first-order valence-corrected chi connectivity index (χ1v) is 11.9. The third-order valence-electron chi connectivity index (χ3n) is 6.03. The molecule has 2 aromatic heterocycles. The lowest BCUT2D eigenvalue weighted by atomic mass is 10.00. The molecule has 3 aromatic carbocycles. The Kier molecular flexibility index (Phi) is 7.04. The number of aromatic nitrogens is 1. The molecule has 4 N–H and O–H groups in total. The number of furan rings is 1. The zero-order valence-electron chi connectivity index (χ0n) is 20.4. The molecule has 8 nitrogen and oxygen atoms in total. The molecule has 2 heterocycles. The number of ether oxygens (including phenoxy) is 2. The van der Waals surface area contributed by atoms with Gasteiger partial charge in [-0.05, 0) is 47.5 Å². The molecule has 0 unspecified atom stereocenters. The number of nitrogens with zero attached hydrogens (tertiary/aromatic N) is 1. The third kappa shape index (κ3) is 5.49. The zero-order valence-corrected chi connectivity index (χ0v) is 20.4. The van der Waals surface area contributed by atoms with Gasteiger partial charge in [0.2, 0.25) is 0 Å². The molecular weight excluding hydrogens is 482 g/mol. The fourth-order valence-corrected chi connectivity index (χ4v) is 4.15. The lowest BCUT2D eigenvalue weighted by molar-refractivity contribution is -0.136. The van der Waals surface area contributed by atoms with Crippen molar-refractivity contribution in [1.29, 1.82) is 5.41 Å². The summed E-state index contributed by atoms with van der Waals surface area (Å²) in [5, 5.41) is 17.8. The quantitative estimate of drug-likeness (QED) is 0.166. The molecule has 0 saturated heterocycles. The summed E-state index contributed by atoms with van der Waals surface area (Å²) in [6.45, 7) is 0.419. The molecule has 5 rings (SSSR count). The van der Waals surface area contributed by atoms with Crippen LogP contribution in [0, 0.1) is 5.41 Å². The molecule has 190 valence electrons. The molecule has 0 amide bonds. The van der Waals surface area contributed by atoms with E-state index in [1.165, 1.54) is 0 Å². The molecular formula is C30H25N3O5. The average Bonchev–Trinajstić information content (AvgIpc) is 3.34. The van der Waals surface area contributed by atoms with Crippen LogP contribution in [0.2, 0.25) is 0 Å². The fourth-order valence-electron chi connectivity index (χ4n) is 4.15. The summed E-state index contributed by atoms with van der Waals surface area (Å²) in [5.41, 5.74) is 10.8. The minimum Gasteiger partial charge on any atom is -0.488 e. The van der Waals surface area contributed by atoms with Crippen molar-refractivity contribution in [3.8, 4) is 22.6 Å². The predicted octanol–water partition coefficient (Wildman–Crippen LogP) is 5.56. The van der Waals surface area contributed by atoms with Gasteiger partial charge in [-0.15, -0.1) is 0 Å². The van der Waals surface area contributed by atoms with Gasteiger partial charge in [0.05, 0.1) is 18.4 Å². The SMILES string of the molecule is N=C(N)c1cccc(-c2cc(OCc3ccccn3)c3occ(COc4ccccc4CC(=O)O)c3c2)c1. The number of hydrogen-bond acceptors (Lipinski definition) is 6. The maximum Gasteiger partial charge on any atom is 0.307 e. The number of amidine groups is 1. The maximum atomic E-state index is 11.3. The summed E-state index contributed by atoms with van der Waals surface area (Å²) in [7, 11) is 0. The number of benzene rings is 3. The summed E-state index contributed by atoms with van der Waals surface area (Å²) in [6, 6.07) is 24.0. The first-order valence-electron chi connectivity index (χ1n) is 11.9. The summed E-state index contributed by atoms with van der Waals surface area (Å²) in [4.78, 5) is 15.6. The van der Waals surface area contributed by atoms with Crippen molar-refractivity contribution in [1.82, 2.24) is 4.98 Å². The first kappa shape index (κ1) is 24.6. The molecule has 0 bridgehead atoms. The Morgan fingerprint density at radius 3 is 2.50 bits per heavy atom. The van der Waals surface area contributed by atoms with Crippen LogP contribution < -0.4 is 15.2 Å². The highest BCUT2D eigenvalue weighted by Gasteiger charge is 2.17. The predicted molar refractivity (Wildman–Crippen MR) is 143 cm³/mol. The van der Waals surface area contributed by atoms with Crippen molar-refractivity contribution in [3.05, 3.63) is 114 Å². The van der Waals surface area contributed by atoms with Crippen molar-refractivity contribution >= 4 is 22.8 Å². The Balaban J connectivity index is 1.52. The molecule has 0 aliphatic rings. The van der Waals surface area contributed by atoms with E-state index in [1.54, 1.807) is 42.8 Å². The van der Waals surface area contributed by atoms with Crippen molar-refractivity contribution in [2.75, 3.05) is 0 Å². The number of hydrogen-bond donors (Lipinski definition) is 3. The third-order valence-corrected chi connectivity index (χ3v) is 6.03. The minimum absolute atomic E-state index is 0.0167. The van der Waals surface area contributed by atoms with E-state index in [2.05, 4.69) is 4.98 Å². The zero-order chi connectivity index (χ0) is 26.5. The normalized spacial score (nSPS) is 10.8. The molecule has 0 fully saturated rings. The van der Waals surface area contributed by atoms with Gasteiger partial charge in [0.15, 0.2) is 11.3 Å². The monoisotopic (exact) mass is 507 g/mol. The van der Waals surface area contributed by atoms with E-state index in [0.29, 0.717) is 28.2 Å². The minimum atomic E-state index is -0.929. The number of nitrogens with one attached hydrogen (secondary N) is 1. The van der Waals surface area contributed by atoms with Crippen LogP contribution in [0.15, 0.2) is 95.7 Å². The van der Waals surface area contributed by atoms with E-state index in [4.69, 9.17) is 25.0 Å². The Labute approximate surface area is 218 Å². The van der Waals surface area contributed by atoms with Gasteiger partial charge < -0.3 is 24.7 Å². The Bertz CT molecular complexity index is 1610. The number of para-hydroxylation sites is 1. The number of fused-ring (bicyclic) bond motifs is 1. The van der Waals surface area contributed by atoms with Gasteiger partial charge in [-0.25, -0.2) is 0 Å². The number of pyridine rings is 1. The molecule has 38 heavy (non-hydrogen) atoms. The van der Waals surface area contributed by atoms with Crippen LogP contribution >= 0.6 is 0 Å². The average molecular weight is 508 g/mol. The van der Waals surface area contributed by atoms with Crippen LogP contribution in [-0.2, 0) is 24.4 Å². The van der Waals surface area contributed by atoms with Gasteiger partial charge in [-0.1, -0.05) is 42.5 Å². The number of nitrogens with two attached hydrogens (primary N) is 1. The van der Waals surface area contributed by atoms with Crippen molar-refractivity contribution in [2.24, 2.45) is 5.73 Å². The van der Waals surface area contributed by atoms with Crippen LogP contribution in [0.3, 0.4) is 0 Å². The van der Waals surface area contributed by atoms with Gasteiger partial charge in [0.25, 0.3) is 0 Å². The standard InChI is InChI=1S/C30H25N3O5/c31-30(32)21-8-5-7-19(12-21)22-13-25-23(16-36-26-10-2-1-6-20(26)15-28(34)35)17-38-29(25)27(14-22)37-18-24-9-3-4-11-33-24/h1-14,17H,15-16,18H2,(H3,31,32)(H,34,35). The smallest absolute Gasteiger partial charge is 0.307 e. The maximum absolute atomic E-state index is 11.3. The summed E-state index contributed by atoms with van der Waals surface area (Å²) < 4.78 is 18.1. The van der Waals surface area contributed by atoms with E-state index in [1.807, 2.05) is 48.5 Å². The molecule has 0 aliphatic heterocycles. The fraction of sp³-hybridized carbons (Fsp3) is 0.100. The number of aliphatic carboxylic acids is 1. The van der Waals surface area contributed by atoms with Crippen LogP contribution in [0.25, 0.3) is 22.1 Å². The molecule has 5 aromatic rings. The highest BCUT2D eigenvalue weighted by Crippen LogP contribution is 2.37. The van der Waals surface area contributed by atoms with Crippen molar-refractivity contribution < 1.29 is 23.8 Å². The number of nitrogen functional groups attached to an aromatic ring is 1. The van der Waals surface area contributed by atoms with E-state index in [9.17, 15) is 9.90 Å². The number of rotatable bonds is 10. The second-order valence-corrected chi connectivity index (χ2v) is 8.68. The molecule has 0 aliphatic carbocycles. The summed E-state index contributed by atoms with van der Waals surface area (Å²) in [6.07, 6.45) is 3.20. The summed E-state index contributed by atoms with van der Waals surface area (Å²) in [5.74, 6) is 0.0917. The second-order valence-electron chi connectivity index (χ2n) is 8.68. The van der Waals surface area contributed by atoms with Crippen LogP contribution in [-0.4, -0.2) is 21.9 Å². The van der Waals surface area contributed by atoms with Crippen LogP contribution in [0.5, 0.6) is 11.5 Å². The number of carboxylic acids is 1. The Morgan fingerprint density at radius 1 is 0.895 bits per heavy atom. The van der Waals surface area contributed by atoms with E-state index < -0.39 is 5.97 Å². The summed E-state index contributed by atoms with van der Waals surface area (Å²) >= 11 is 0. The Morgan fingerprint density at radius 2 is 1.71 bits per heavy atom. The highest BCUT2D eigenvalue weighted by atomic mass is 16.5. The lowest BCUT2D eigenvalue weighted by Gasteiger charge is -2.12. The Hall–Kier alpha value is -5.11. The molecule has 8 heteroatoms. The van der Waals surface area contributed by atoms with Gasteiger partial charge in [-0.3, -0.25) is 15.2 Å². The molecule has 0 atom stereocenters.